The van der Waals surface area contributed by atoms with Crippen LogP contribution >= 0.6 is 0 Å². The molecule has 2 nitrogen and oxygen atoms in total. The summed E-state index contributed by atoms with van der Waals surface area (Å²) in [6.45, 7) is 4.41. The average molecular weight is 413 g/mol. The van der Waals surface area contributed by atoms with Crippen molar-refractivity contribution in [1.29, 1.82) is 0 Å². The van der Waals surface area contributed by atoms with Crippen LogP contribution in [-0.2, 0) is 0 Å². The van der Waals surface area contributed by atoms with Crippen molar-refractivity contribution >= 4 is 21.8 Å². The largest absolute Gasteiger partial charge is 0.354 e. The first-order chi connectivity index (χ1) is 15.7. The molecule has 2 heteroatoms. The van der Waals surface area contributed by atoms with E-state index in [1.54, 1.807) is 0 Å². The molecule has 4 aromatic carbocycles. The van der Waals surface area contributed by atoms with Gasteiger partial charge >= 0.3 is 0 Å². The number of aromatic amines is 2. The fourth-order valence-electron chi connectivity index (χ4n) is 4.80. The summed E-state index contributed by atoms with van der Waals surface area (Å²) in [4.78, 5) is 7.23. The minimum Gasteiger partial charge on any atom is -0.354 e. The van der Waals surface area contributed by atoms with Crippen LogP contribution in [0.15, 0.2) is 97.1 Å². The van der Waals surface area contributed by atoms with Gasteiger partial charge in [0.25, 0.3) is 0 Å². The first-order valence-corrected chi connectivity index (χ1v) is 11.0. The minimum absolute atomic E-state index is 1.18. The SMILES string of the molecule is Cc1c(-c2ccccc2)[nH]c2ccc(-c3ccc4[nH]c(-c5ccccc5)c(C)c4c3)cc12. The van der Waals surface area contributed by atoms with E-state index in [2.05, 4.69) is 121 Å². The fourth-order valence-corrected chi connectivity index (χ4v) is 4.80. The van der Waals surface area contributed by atoms with Crippen LogP contribution in [0.3, 0.4) is 0 Å². The van der Waals surface area contributed by atoms with E-state index in [1.807, 2.05) is 0 Å². The Morgan fingerprint density at radius 1 is 0.438 bits per heavy atom. The molecule has 2 heterocycles. The van der Waals surface area contributed by atoms with Gasteiger partial charge in [-0.2, -0.15) is 0 Å². The first-order valence-electron chi connectivity index (χ1n) is 11.0. The van der Waals surface area contributed by atoms with Gasteiger partial charge in [0, 0.05) is 33.2 Å². The minimum atomic E-state index is 1.18. The van der Waals surface area contributed by atoms with Crippen molar-refractivity contribution in [3.05, 3.63) is 108 Å². The number of benzene rings is 4. The summed E-state index contributed by atoms with van der Waals surface area (Å²) in [6, 6.07) is 34.6. The highest BCUT2D eigenvalue weighted by Gasteiger charge is 2.13. The third kappa shape index (κ3) is 2.96. The monoisotopic (exact) mass is 412 g/mol. The molecule has 0 saturated heterocycles. The molecule has 6 rings (SSSR count). The Morgan fingerprint density at radius 2 is 0.844 bits per heavy atom. The molecule has 0 spiro atoms. The fraction of sp³-hybridized carbons (Fsp3) is 0.0667. The van der Waals surface area contributed by atoms with Crippen molar-refractivity contribution in [3.63, 3.8) is 0 Å². The van der Waals surface area contributed by atoms with Gasteiger partial charge in [-0.05, 0) is 71.5 Å². The highest BCUT2D eigenvalue weighted by Crippen LogP contribution is 2.35. The summed E-state index contributed by atoms with van der Waals surface area (Å²) < 4.78 is 0. The van der Waals surface area contributed by atoms with Gasteiger partial charge in [0.15, 0.2) is 0 Å². The molecular weight excluding hydrogens is 388 g/mol. The molecule has 154 valence electrons. The molecule has 0 aliphatic heterocycles. The van der Waals surface area contributed by atoms with E-state index in [9.17, 15) is 0 Å². The number of hydrogen-bond acceptors (Lipinski definition) is 0. The summed E-state index contributed by atoms with van der Waals surface area (Å²) in [5.74, 6) is 0. The van der Waals surface area contributed by atoms with E-state index in [-0.39, 0.29) is 0 Å². The second-order valence-corrected chi connectivity index (χ2v) is 8.50. The van der Waals surface area contributed by atoms with Gasteiger partial charge in [0.1, 0.15) is 0 Å². The Labute approximate surface area is 187 Å². The lowest BCUT2D eigenvalue weighted by molar-refractivity contribution is 1.41. The normalized spacial score (nSPS) is 11.4. The van der Waals surface area contributed by atoms with Crippen LogP contribution in [0.1, 0.15) is 11.1 Å². The average Bonchev–Trinajstić information content (AvgIpc) is 3.36. The molecule has 0 saturated carbocycles. The molecule has 0 atom stereocenters. The summed E-state index contributed by atoms with van der Waals surface area (Å²) >= 11 is 0. The molecule has 0 bridgehead atoms. The number of aromatic nitrogens is 2. The van der Waals surface area contributed by atoms with Crippen molar-refractivity contribution < 1.29 is 0 Å². The van der Waals surface area contributed by atoms with Gasteiger partial charge < -0.3 is 9.97 Å². The Bertz CT molecular complexity index is 1450. The lowest BCUT2D eigenvalue weighted by atomic mass is 9.99. The molecule has 0 radical (unpaired) electrons. The Balaban J connectivity index is 1.46. The van der Waals surface area contributed by atoms with E-state index in [0.717, 1.165) is 0 Å². The summed E-state index contributed by atoms with van der Waals surface area (Å²) in [5, 5.41) is 2.55. The zero-order valence-electron chi connectivity index (χ0n) is 18.2. The Hall–Kier alpha value is -4.04. The summed E-state index contributed by atoms with van der Waals surface area (Å²) in [6.07, 6.45) is 0. The van der Waals surface area contributed by atoms with Gasteiger partial charge in [0.2, 0.25) is 0 Å². The first kappa shape index (κ1) is 18.7. The van der Waals surface area contributed by atoms with Gasteiger partial charge in [-0.25, -0.2) is 0 Å². The molecule has 2 aromatic heterocycles. The second-order valence-electron chi connectivity index (χ2n) is 8.50. The third-order valence-electron chi connectivity index (χ3n) is 6.57. The second kappa shape index (κ2) is 7.28. The number of aryl methyl sites for hydroxylation is 2. The number of hydrogen-bond donors (Lipinski definition) is 2. The van der Waals surface area contributed by atoms with Crippen LogP contribution in [0.2, 0.25) is 0 Å². The van der Waals surface area contributed by atoms with E-state index in [0.29, 0.717) is 0 Å². The molecule has 0 fully saturated rings. The zero-order chi connectivity index (χ0) is 21.7. The molecular formula is C30H24N2. The van der Waals surface area contributed by atoms with Crippen molar-refractivity contribution in [2.45, 2.75) is 13.8 Å². The molecule has 32 heavy (non-hydrogen) atoms. The van der Waals surface area contributed by atoms with Crippen molar-refractivity contribution in [1.82, 2.24) is 9.97 Å². The van der Waals surface area contributed by atoms with Crippen molar-refractivity contribution in [2.24, 2.45) is 0 Å². The van der Waals surface area contributed by atoms with Crippen LogP contribution in [0.5, 0.6) is 0 Å². The summed E-state index contributed by atoms with van der Waals surface area (Å²) in [5.41, 5.74) is 12.2. The van der Waals surface area contributed by atoms with Crippen LogP contribution in [0, 0.1) is 13.8 Å². The number of H-pyrrole nitrogens is 2. The molecule has 0 aliphatic carbocycles. The van der Waals surface area contributed by atoms with Gasteiger partial charge in [-0.1, -0.05) is 72.8 Å². The van der Waals surface area contributed by atoms with Crippen molar-refractivity contribution in [3.8, 4) is 33.6 Å². The van der Waals surface area contributed by atoms with Crippen LogP contribution in [-0.4, -0.2) is 9.97 Å². The maximum atomic E-state index is 3.61. The predicted molar refractivity (Wildman–Crippen MR) is 136 cm³/mol. The smallest absolute Gasteiger partial charge is 0.0494 e. The topological polar surface area (TPSA) is 31.6 Å². The Morgan fingerprint density at radius 3 is 1.25 bits per heavy atom. The zero-order valence-corrected chi connectivity index (χ0v) is 18.2. The van der Waals surface area contributed by atoms with Gasteiger partial charge in [-0.3, -0.25) is 0 Å². The van der Waals surface area contributed by atoms with Crippen LogP contribution in [0.25, 0.3) is 55.4 Å². The third-order valence-corrected chi connectivity index (χ3v) is 6.57. The van der Waals surface area contributed by atoms with Gasteiger partial charge in [-0.15, -0.1) is 0 Å². The van der Waals surface area contributed by atoms with E-state index < -0.39 is 0 Å². The molecule has 2 N–H and O–H groups in total. The standard InChI is InChI=1S/C30H24N2/c1-19-25-17-23(13-15-27(25)31-29(19)21-9-5-3-6-10-21)24-14-16-28-26(18-24)20(2)30(32-28)22-11-7-4-8-12-22/h3-18,31-32H,1-2H3. The quantitative estimate of drug-likeness (QED) is 0.293. The molecule has 0 aliphatic rings. The van der Waals surface area contributed by atoms with Crippen molar-refractivity contribution in [2.75, 3.05) is 0 Å². The Kier molecular flexibility index (Phi) is 4.26. The highest BCUT2D eigenvalue weighted by atomic mass is 14.7. The molecule has 6 aromatic rings. The van der Waals surface area contributed by atoms with Crippen LogP contribution in [0.4, 0.5) is 0 Å². The molecule has 0 unspecified atom stereocenters. The number of nitrogens with one attached hydrogen (secondary N) is 2. The maximum absolute atomic E-state index is 3.61. The van der Waals surface area contributed by atoms with Gasteiger partial charge in [0.05, 0.1) is 0 Å². The lowest BCUT2D eigenvalue weighted by Crippen LogP contribution is -1.80. The number of fused-ring (bicyclic) bond motifs is 2. The maximum Gasteiger partial charge on any atom is 0.0494 e. The van der Waals surface area contributed by atoms with Crippen LogP contribution < -0.4 is 0 Å². The van der Waals surface area contributed by atoms with E-state index in [1.165, 1.54) is 66.6 Å². The predicted octanol–water partition coefficient (Wildman–Crippen LogP) is 8.27. The number of rotatable bonds is 3. The highest BCUT2D eigenvalue weighted by molar-refractivity contribution is 5.96. The summed E-state index contributed by atoms with van der Waals surface area (Å²) in [7, 11) is 0. The van der Waals surface area contributed by atoms with E-state index in [4.69, 9.17) is 0 Å². The van der Waals surface area contributed by atoms with E-state index >= 15 is 0 Å². The lowest BCUT2D eigenvalue weighted by Gasteiger charge is -2.04. The molecule has 0 amide bonds.